The Morgan fingerprint density at radius 1 is 1.31 bits per heavy atom. The number of hydrogen-bond donors (Lipinski definition) is 1. The van der Waals surface area contributed by atoms with Gasteiger partial charge in [0.05, 0.1) is 12.0 Å². The number of anilines is 1. The number of aryl methyl sites for hydroxylation is 1. The third-order valence-electron chi connectivity index (χ3n) is 3.92. The zero-order chi connectivity index (χ0) is 20.8. The van der Waals surface area contributed by atoms with Crippen molar-refractivity contribution in [3.8, 4) is 11.6 Å². The highest BCUT2D eigenvalue weighted by Gasteiger charge is 2.17. The number of halogens is 1. The van der Waals surface area contributed by atoms with Gasteiger partial charge in [-0.25, -0.2) is 0 Å². The van der Waals surface area contributed by atoms with Gasteiger partial charge >= 0.3 is 5.97 Å². The van der Waals surface area contributed by atoms with E-state index in [1.165, 1.54) is 11.8 Å². The molecular weight excluding hydrogens is 460 g/mol. The summed E-state index contributed by atoms with van der Waals surface area (Å²) in [5, 5.41) is 11.5. The summed E-state index contributed by atoms with van der Waals surface area (Å²) in [6, 6.07) is 9.06. The van der Waals surface area contributed by atoms with Crippen LogP contribution < -0.4 is 5.32 Å². The number of thioether (sulfide) groups is 1. The number of aromatic nitrogens is 3. The van der Waals surface area contributed by atoms with E-state index in [0.29, 0.717) is 29.0 Å². The summed E-state index contributed by atoms with van der Waals surface area (Å²) in [7, 11) is 0. The quantitative estimate of drug-likeness (QED) is 0.387. The number of amides is 1. The minimum atomic E-state index is -0.511. The van der Waals surface area contributed by atoms with Crippen LogP contribution in [0, 0.1) is 6.92 Å². The molecular formula is C19H19BrN4O4S. The van der Waals surface area contributed by atoms with E-state index >= 15 is 0 Å². The average Bonchev–Trinajstić information content (AvgIpc) is 3.36. The van der Waals surface area contributed by atoms with Gasteiger partial charge in [0, 0.05) is 16.7 Å². The Bertz CT molecular complexity index is 1000. The third kappa shape index (κ3) is 5.48. The first kappa shape index (κ1) is 21.1. The minimum absolute atomic E-state index is 0.0148. The molecule has 0 atom stereocenters. The molecule has 1 amide bonds. The number of hydrogen-bond acceptors (Lipinski definition) is 7. The molecule has 2 heterocycles. The lowest BCUT2D eigenvalue weighted by Gasteiger charge is -2.09. The Hall–Kier alpha value is -2.59. The highest BCUT2D eigenvalue weighted by Crippen LogP contribution is 2.24. The summed E-state index contributed by atoms with van der Waals surface area (Å²) in [4.78, 5) is 24.0. The molecule has 0 aliphatic carbocycles. The van der Waals surface area contributed by atoms with Gasteiger partial charge in [0.1, 0.15) is 0 Å². The summed E-state index contributed by atoms with van der Waals surface area (Å²) in [6.07, 6.45) is 1.56. The first-order valence-electron chi connectivity index (χ1n) is 8.79. The molecule has 0 spiro atoms. The molecule has 3 rings (SSSR count). The maximum absolute atomic E-state index is 12.0. The van der Waals surface area contributed by atoms with E-state index < -0.39 is 11.9 Å². The predicted octanol–water partition coefficient (Wildman–Crippen LogP) is 3.90. The average molecular weight is 479 g/mol. The number of ether oxygens (including phenoxy) is 1. The zero-order valence-corrected chi connectivity index (χ0v) is 18.2. The van der Waals surface area contributed by atoms with Crippen LogP contribution in [0.25, 0.3) is 11.6 Å². The number of carbonyl (C=O) groups excluding carboxylic acids is 2. The highest BCUT2D eigenvalue weighted by molar-refractivity contribution is 9.10. The molecule has 0 radical (unpaired) electrons. The van der Waals surface area contributed by atoms with E-state index in [1.807, 2.05) is 30.5 Å². The van der Waals surface area contributed by atoms with Crippen molar-refractivity contribution in [2.75, 3.05) is 17.7 Å². The van der Waals surface area contributed by atoms with E-state index in [-0.39, 0.29) is 12.4 Å². The van der Waals surface area contributed by atoms with E-state index in [9.17, 15) is 9.59 Å². The molecule has 10 heteroatoms. The van der Waals surface area contributed by atoms with Crippen LogP contribution in [-0.4, -0.2) is 39.0 Å². The first-order chi connectivity index (χ1) is 14.0. The Morgan fingerprint density at radius 2 is 2.14 bits per heavy atom. The van der Waals surface area contributed by atoms with Crippen molar-refractivity contribution in [3.05, 3.63) is 46.6 Å². The number of furan rings is 1. The number of rotatable bonds is 8. The van der Waals surface area contributed by atoms with Gasteiger partial charge in [-0.1, -0.05) is 27.7 Å². The molecule has 0 saturated carbocycles. The van der Waals surface area contributed by atoms with Crippen LogP contribution in [0.15, 0.2) is 50.6 Å². The van der Waals surface area contributed by atoms with Crippen molar-refractivity contribution in [1.29, 1.82) is 0 Å². The predicted molar refractivity (Wildman–Crippen MR) is 113 cm³/mol. The fourth-order valence-corrected chi connectivity index (χ4v) is 3.81. The number of nitrogens with one attached hydrogen (secondary N) is 1. The van der Waals surface area contributed by atoms with E-state index in [2.05, 4.69) is 31.4 Å². The number of esters is 1. The monoisotopic (exact) mass is 478 g/mol. The largest absolute Gasteiger partial charge is 0.461 e. The third-order valence-corrected chi connectivity index (χ3v) is 5.35. The lowest BCUT2D eigenvalue weighted by Crippen LogP contribution is -2.22. The van der Waals surface area contributed by atoms with Crippen LogP contribution in [0.5, 0.6) is 0 Å². The van der Waals surface area contributed by atoms with Gasteiger partial charge in [0.25, 0.3) is 5.91 Å². The van der Waals surface area contributed by atoms with E-state index in [1.54, 1.807) is 24.5 Å². The molecule has 3 aromatic rings. The molecule has 0 bridgehead atoms. The van der Waals surface area contributed by atoms with E-state index in [4.69, 9.17) is 9.15 Å². The van der Waals surface area contributed by atoms with E-state index in [0.717, 1.165) is 10.0 Å². The van der Waals surface area contributed by atoms with Crippen LogP contribution in [0.1, 0.15) is 12.5 Å². The fraction of sp³-hybridized carbons (Fsp3) is 0.263. The van der Waals surface area contributed by atoms with Crippen molar-refractivity contribution < 1.29 is 18.7 Å². The smallest absolute Gasteiger partial charge is 0.316 e. The van der Waals surface area contributed by atoms with Crippen LogP contribution >= 0.6 is 27.7 Å². The summed E-state index contributed by atoms with van der Waals surface area (Å²) in [5.41, 5.74) is 1.57. The fourth-order valence-electron chi connectivity index (χ4n) is 2.53. The molecule has 29 heavy (non-hydrogen) atoms. The Kier molecular flexibility index (Phi) is 7.10. The molecule has 8 nitrogen and oxygen atoms in total. The van der Waals surface area contributed by atoms with Gasteiger partial charge in [0.15, 0.2) is 23.3 Å². The Morgan fingerprint density at radius 3 is 2.83 bits per heavy atom. The lowest BCUT2D eigenvalue weighted by molar-refractivity contribution is -0.144. The van der Waals surface area contributed by atoms with Crippen LogP contribution in [-0.2, 0) is 20.9 Å². The number of carbonyl (C=O) groups is 2. The molecule has 2 aromatic heterocycles. The summed E-state index contributed by atoms with van der Waals surface area (Å²) in [5.74, 6) is 0.306. The maximum atomic E-state index is 12.0. The second-order valence-corrected chi connectivity index (χ2v) is 7.84. The second-order valence-electron chi connectivity index (χ2n) is 5.98. The topological polar surface area (TPSA) is 99.2 Å². The molecule has 1 aromatic carbocycles. The van der Waals surface area contributed by atoms with Gasteiger partial charge in [-0.2, -0.15) is 0 Å². The van der Waals surface area contributed by atoms with Crippen molar-refractivity contribution in [3.63, 3.8) is 0 Å². The summed E-state index contributed by atoms with van der Waals surface area (Å²) < 4.78 is 13.2. The standard InChI is InChI=1S/C19H19BrN4O4S/c1-3-24-18(15-5-4-8-27-15)22-23-19(24)29-11-17(26)28-10-16(25)21-14-7-6-13(20)9-12(14)2/h4-9H,3,10-11H2,1-2H3,(H,21,25). The normalized spacial score (nSPS) is 10.7. The Labute approximate surface area is 180 Å². The van der Waals surface area contributed by atoms with Crippen LogP contribution in [0.3, 0.4) is 0 Å². The van der Waals surface area contributed by atoms with Crippen LogP contribution in [0.4, 0.5) is 5.69 Å². The number of benzene rings is 1. The molecule has 0 fully saturated rings. The SMILES string of the molecule is CCn1c(SCC(=O)OCC(=O)Nc2ccc(Br)cc2C)nnc1-c1ccco1. The Balaban J connectivity index is 1.49. The summed E-state index contributed by atoms with van der Waals surface area (Å²) >= 11 is 4.56. The molecule has 1 N–H and O–H groups in total. The second kappa shape index (κ2) is 9.75. The van der Waals surface area contributed by atoms with Crippen molar-refractivity contribution in [2.24, 2.45) is 0 Å². The lowest BCUT2D eigenvalue weighted by atomic mass is 10.2. The highest BCUT2D eigenvalue weighted by atomic mass is 79.9. The number of nitrogens with zero attached hydrogens (tertiary/aromatic N) is 3. The van der Waals surface area contributed by atoms with Gasteiger partial charge in [-0.15, -0.1) is 10.2 Å². The molecule has 0 unspecified atom stereocenters. The maximum Gasteiger partial charge on any atom is 0.316 e. The minimum Gasteiger partial charge on any atom is -0.461 e. The molecule has 152 valence electrons. The van der Waals surface area contributed by atoms with Gasteiger partial charge < -0.3 is 14.5 Å². The van der Waals surface area contributed by atoms with Gasteiger partial charge in [-0.3, -0.25) is 14.2 Å². The molecule has 0 aliphatic heterocycles. The molecule has 0 aliphatic rings. The van der Waals surface area contributed by atoms with Crippen molar-refractivity contribution >= 4 is 45.3 Å². The zero-order valence-electron chi connectivity index (χ0n) is 15.8. The van der Waals surface area contributed by atoms with Crippen molar-refractivity contribution in [1.82, 2.24) is 14.8 Å². The van der Waals surface area contributed by atoms with Crippen molar-refractivity contribution in [2.45, 2.75) is 25.5 Å². The molecule has 0 saturated heterocycles. The van der Waals surface area contributed by atoms with Gasteiger partial charge in [-0.05, 0) is 49.7 Å². The first-order valence-corrected chi connectivity index (χ1v) is 10.6. The van der Waals surface area contributed by atoms with Crippen LogP contribution in [0.2, 0.25) is 0 Å². The van der Waals surface area contributed by atoms with Gasteiger partial charge in [0.2, 0.25) is 0 Å². The summed E-state index contributed by atoms with van der Waals surface area (Å²) in [6.45, 7) is 4.10.